The molecule has 0 aliphatic heterocycles. The quantitative estimate of drug-likeness (QED) is 0.834. The summed E-state index contributed by atoms with van der Waals surface area (Å²) in [5, 5.41) is 2.90. The Morgan fingerprint density at radius 2 is 2.17 bits per heavy atom. The van der Waals surface area contributed by atoms with Crippen LogP contribution < -0.4 is 10.1 Å². The first-order valence-corrected chi connectivity index (χ1v) is 6.12. The molecule has 1 aromatic carbocycles. The topological polar surface area (TPSA) is 41.6 Å². The van der Waals surface area contributed by atoms with Gasteiger partial charge in [-0.15, -0.1) is 0 Å². The van der Waals surface area contributed by atoms with E-state index in [4.69, 9.17) is 4.74 Å². The highest BCUT2D eigenvalue weighted by Crippen LogP contribution is 2.12. The number of rotatable bonds is 6. The highest BCUT2D eigenvalue weighted by atomic mass is 16.5. The number of carbonyl (C=O) groups excluding carboxylic acids is 1. The predicted octanol–water partition coefficient (Wildman–Crippen LogP) is 1.65. The van der Waals surface area contributed by atoms with Gasteiger partial charge in [0, 0.05) is 12.6 Å². The van der Waals surface area contributed by atoms with Gasteiger partial charge in [-0.05, 0) is 38.6 Å². The van der Waals surface area contributed by atoms with Crippen molar-refractivity contribution < 1.29 is 9.53 Å². The van der Waals surface area contributed by atoms with Crippen LogP contribution in [0, 0.1) is 0 Å². The highest BCUT2D eigenvalue weighted by Gasteiger charge is 2.08. The van der Waals surface area contributed by atoms with Crippen LogP contribution in [0.25, 0.3) is 0 Å². The fourth-order valence-electron chi connectivity index (χ4n) is 1.45. The summed E-state index contributed by atoms with van der Waals surface area (Å²) in [4.78, 5) is 13.7. The van der Waals surface area contributed by atoms with Crippen LogP contribution in [0.5, 0.6) is 5.75 Å². The van der Waals surface area contributed by atoms with Crippen LogP contribution in [-0.2, 0) is 11.3 Å². The lowest BCUT2D eigenvalue weighted by molar-refractivity contribution is -0.122. The van der Waals surface area contributed by atoms with Gasteiger partial charge in [-0.3, -0.25) is 9.69 Å². The smallest absolute Gasteiger partial charge is 0.234 e. The molecule has 0 radical (unpaired) electrons. The van der Waals surface area contributed by atoms with E-state index in [0.717, 1.165) is 11.3 Å². The molecule has 4 heteroatoms. The normalized spacial score (nSPS) is 10.8. The van der Waals surface area contributed by atoms with Gasteiger partial charge in [0.05, 0.1) is 13.7 Å². The molecule has 1 rings (SSSR count). The number of amides is 1. The molecule has 18 heavy (non-hydrogen) atoms. The van der Waals surface area contributed by atoms with Crippen LogP contribution in [0.4, 0.5) is 0 Å². The maximum Gasteiger partial charge on any atom is 0.234 e. The Bertz CT molecular complexity index is 391. The molecule has 0 atom stereocenters. The van der Waals surface area contributed by atoms with Gasteiger partial charge in [0.15, 0.2) is 0 Å². The van der Waals surface area contributed by atoms with Crippen molar-refractivity contribution in [2.45, 2.75) is 26.4 Å². The average molecular weight is 250 g/mol. The fourth-order valence-corrected chi connectivity index (χ4v) is 1.45. The molecule has 0 bridgehead atoms. The number of hydrogen-bond acceptors (Lipinski definition) is 3. The van der Waals surface area contributed by atoms with Crippen molar-refractivity contribution in [3.05, 3.63) is 29.8 Å². The van der Waals surface area contributed by atoms with E-state index in [0.29, 0.717) is 19.1 Å². The summed E-state index contributed by atoms with van der Waals surface area (Å²) in [5.41, 5.74) is 1.04. The second kappa shape index (κ2) is 7.01. The zero-order valence-corrected chi connectivity index (χ0v) is 11.6. The van der Waals surface area contributed by atoms with Crippen molar-refractivity contribution in [3.8, 4) is 5.75 Å². The van der Waals surface area contributed by atoms with Crippen LogP contribution in [0.2, 0.25) is 0 Å². The maximum absolute atomic E-state index is 11.7. The van der Waals surface area contributed by atoms with Crippen LogP contribution >= 0.6 is 0 Å². The molecule has 0 aliphatic carbocycles. The van der Waals surface area contributed by atoms with Gasteiger partial charge in [-0.1, -0.05) is 12.1 Å². The summed E-state index contributed by atoms with van der Waals surface area (Å²) in [6, 6.07) is 8.06. The Balaban J connectivity index is 2.42. The van der Waals surface area contributed by atoms with Gasteiger partial charge in [-0.2, -0.15) is 0 Å². The Morgan fingerprint density at radius 1 is 1.44 bits per heavy atom. The van der Waals surface area contributed by atoms with Gasteiger partial charge >= 0.3 is 0 Å². The second-order valence-corrected chi connectivity index (χ2v) is 4.64. The third kappa shape index (κ3) is 4.75. The van der Waals surface area contributed by atoms with E-state index in [1.807, 2.05) is 36.2 Å². The predicted molar refractivity (Wildman–Crippen MR) is 72.6 cm³/mol. The number of benzene rings is 1. The minimum atomic E-state index is 0.0361. The molecule has 0 heterocycles. The van der Waals surface area contributed by atoms with Gasteiger partial charge in [0.1, 0.15) is 5.75 Å². The first-order valence-electron chi connectivity index (χ1n) is 6.12. The molecule has 0 fully saturated rings. The van der Waals surface area contributed by atoms with Crippen molar-refractivity contribution >= 4 is 5.91 Å². The monoisotopic (exact) mass is 250 g/mol. The lowest BCUT2D eigenvalue weighted by Gasteiger charge is -2.20. The van der Waals surface area contributed by atoms with Crippen molar-refractivity contribution in [1.82, 2.24) is 10.2 Å². The Kier molecular flexibility index (Phi) is 5.65. The van der Waals surface area contributed by atoms with Gasteiger partial charge in [0.25, 0.3) is 0 Å². The zero-order chi connectivity index (χ0) is 13.5. The molecule has 0 saturated heterocycles. The van der Waals surface area contributed by atoms with E-state index in [9.17, 15) is 4.79 Å². The van der Waals surface area contributed by atoms with Crippen LogP contribution in [0.1, 0.15) is 19.4 Å². The number of methoxy groups -OCH3 is 1. The minimum absolute atomic E-state index is 0.0361. The standard InChI is InChI=1S/C14H22N2O2/c1-11(2)16(3)10-14(17)15-9-12-6-5-7-13(8-12)18-4/h5-8,11H,9-10H2,1-4H3,(H,15,17). The lowest BCUT2D eigenvalue weighted by Crippen LogP contribution is -2.38. The van der Waals surface area contributed by atoms with Crippen LogP contribution in [0.3, 0.4) is 0 Å². The molecule has 1 amide bonds. The van der Waals surface area contributed by atoms with E-state index in [1.54, 1.807) is 7.11 Å². The van der Waals surface area contributed by atoms with Crippen molar-refractivity contribution in [2.24, 2.45) is 0 Å². The van der Waals surface area contributed by atoms with E-state index < -0.39 is 0 Å². The number of nitrogens with zero attached hydrogens (tertiary/aromatic N) is 1. The van der Waals surface area contributed by atoms with E-state index in [2.05, 4.69) is 19.2 Å². The molecule has 0 unspecified atom stereocenters. The third-order valence-electron chi connectivity index (χ3n) is 2.90. The molecule has 100 valence electrons. The van der Waals surface area contributed by atoms with Gasteiger partial charge in [-0.25, -0.2) is 0 Å². The number of nitrogens with one attached hydrogen (secondary N) is 1. The Hall–Kier alpha value is -1.55. The Labute approximate surface area is 109 Å². The summed E-state index contributed by atoms with van der Waals surface area (Å²) in [5.74, 6) is 0.843. The summed E-state index contributed by atoms with van der Waals surface area (Å²) in [6.45, 7) is 5.08. The summed E-state index contributed by atoms with van der Waals surface area (Å²) >= 11 is 0. The van der Waals surface area contributed by atoms with E-state index in [-0.39, 0.29) is 5.91 Å². The summed E-state index contributed by atoms with van der Waals surface area (Å²) in [6.07, 6.45) is 0. The summed E-state index contributed by atoms with van der Waals surface area (Å²) < 4.78 is 5.14. The summed E-state index contributed by atoms with van der Waals surface area (Å²) in [7, 11) is 3.57. The minimum Gasteiger partial charge on any atom is -0.497 e. The van der Waals surface area contributed by atoms with Crippen molar-refractivity contribution in [1.29, 1.82) is 0 Å². The lowest BCUT2D eigenvalue weighted by atomic mass is 10.2. The Morgan fingerprint density at radius 3 is 2.78 bits per heavy atom. The number of carbonyl (C=O) groups is 1. The van der Waals surface area contributed by atoms with Gasteiger partial charge in [0.2, 0.25) is 5.91 Å². The third-order valence-corrected chi connectivity index (χ3v) is 2.90. The first-order chi connectivity index (χ1) is 8.52. The molecule has 1 N–H and O–H groups in total. The SMILES string of the molecule is COc1cccc(CNC(=O)CN(C)C(C)C)c1. The molecule has 0 saturated carbocycles. The van der Waals surface area contributed by atoms with E-state index in [1.165, 1.54) is 0 Å². The first kappa shape index (κ1) is 14.5. The molecule has 0 spiro atoms. The average Bonchev–Trinajstić information content (AvgIpc) is 2.36. The number of likely N-dealkylation sites (N-methyl/N-ethyl adjacent to an activating group) is 1. The maximum atomic E-state index is 11.7. The van der Waals surface area contributed by atoms with Crippen molar-refractivity contribution in [3.63, 3.8) is 0 Å². The number of hydrogen-bond donors (Lipinski definition) is 1. The molecule has 0 aromatic heterocycles. The van der Waals surface area contributed by atoms with Crippen molar-refractivity contribution in [2.75, 3.05) is 20.7 Å². The molecular formula is C14H22N2O2. The second-order valence-electron chi connectivity index (χ2n) is 4.64. The van der Waals surface area contributed by atoms with Gasteiger partial charge < -0.3 is 10.1 Å². The highest BCUT2D eigenvalue weighted by molar-refractivity contribution is 5.78. The molecule has 4 nitrogen and oxygen atoms in total. The van der Waals surface area contributed by atoms with Crippen LogP contribution in [0.15, 0.2) is 24.3 Å². The fraction of sp³-hybridized carbons (Fsp3) is 0.500. The molecular weight excluding hydrogens is 228 g/mol. The zero-order valence-electron chi connectivity index (χ0n) is 11.6. The molecule has 1 aromatic rings. The largest absolute Gasteiger partial charge is 0.497 e. The number of ether oxygens (including phenoxy) is 1. The van der Waals surface area contributed by atoms with E-state index >= 15 is 0 Å². The molecule has 0 aliphatic rings. The van der Waals surface area contributed by atoms with Crippen LogP contribution in [-0.4, -0.2) is 37.6 Å².